The Balaban J connectivity index is 1.13. The van der Waals surface area contributed by atoms with Crippen LogP contribution in [0.5, 0.6) is 11.6 Å². The Morgan fingerprint density at radius 1 is 1.00 bits per heavy atom. The van der Waals surface area contributed by atoms with Gasteiger partial charge >= 0.3 is 12.2 Å². The lowest BCUT2D eigenvalue weighted by Crippen LogP contribution is -2.45. The topological polar surface area (TPSA) is 78.2 Å². The molecule has 0 unspecified atom stereocenters. The van der Waals surface area contributed by atoms with Gasteiger partial charge < -0.3 is 19.9 Å². The predicted octanol–water partition coefficient (Wildman–Crippen LogP) is 5.27. The third-order valence-electron chi connectivity index (χ3n) is 7.96. The number of carbonyl (C=O) groups excluding carboxylic acids is 1. The van der Waals surface area contributed by atoms with E-state index in [1.807, 2.05) is 35.2 Å². The fourth-order valence-corrected chi connectivity index (χ4v) is 5.57. The van der Waals surface area contributed by atoms with Crippen molar-refractivity contribution in [2.75, 3.05) is 44.6 Å². The molecule has 0 aliphatic carbocycles. The summed E-state index contributed by atoms with van der Waals surface area (Å²) in [6, 6.07) is 13.0. The van der Waals surface area contributed by atoms with Crippen LogP contribution in [0.4, 0.5) is 23.7 Å². The lowest BCUT2D eigenvalue weighted by Gasteiger charge is -2.34. The number of rotatable bonds is 6. The summed E-state index contributed by atoms with van der Waals surface area (Å²) in [5.74, 6) is 0.979. The molecule has 0 saturated carbocycles. The summed E-state index contributed by atoms with van der Waals surface area (Å²) < 4.78 is 49.8. The molecule has 2 aromatic carbocycles. The Morgan fingerprint density at radius 2 is 1.81 bits per heavy atom. The molecule has 220 valence electrons. The van der Waals surface area contributed by atoms with Gasteiger partial charge in [-0.2, -0.15) is 23.3 Å². The van der Waals surface area contributed by atoms with E-state index < -0.39 is 17.8 Å². The first-order chi connectivity index (χ1) is 20.3. The molecule has 2 aliphatic rings. The molecule has 42 heavy (non-hydrogen) atoms. The number of aromatic nitrogens is 3. The van der Waals surface area contributed by atoms with Crippen LogP contribution in [-0.4, -0.2) is 74.6 Å². The molecule has 4 aromatic rings. The van der Waals surface area contributed by atoms with Crippen molar-refractivity contribution in [2.24, 2.45) is 0 Å². The zero-order valence-electron chi connectivity index (χ0n) is 23.3. The number of piperazine rings is 1. The number of hydrogen-bond acceptors (Lipinski definition) is 6. The van der Waals surface area contributed by atoms with E-state index in [9.17, 15) is 18.0 Å². The van der Waals surface area contributed by atoms with E-state index >= 15 is 0 Å². The number of carbonyl (C=O) groups is 1. The predicted molar refractivity (Wildman–Crippen MR) is 151 cm³/mol. The number of nitrogens with one attached hydrogen (secondary N) is 1. The first-order valence-electron chi connectivity index (χ1n) is 14.1. The fraction of sp³-hybridized carbons (Fsp3) is 0.367. The number of likely N-dealkylation sites (N-methyl/N-ethyl adjacent to an activating group) is 1. The molecular weight excluding hydrogens is 547 g/mol. The highest BCUT2D eigenvalue weighted by atomic mass is 19.4. The lowest BCUT2D eigenvalue weighted by molar-refractivity contribution is -0.138. The zero-order valence-corrected chi connectivity index (χ0v) is 23.3. The third-order valence-corrected chi connectivity index (χ3v) is 7.96. The fourth-order valence-electron chi connectivity index (χ4n) is 5.57. The molecule has 6 rings (SSSR count). The molecule has 0 atom stereocenters. The van der Waals surface area contributed by atoms with Crippen molar-refractivity contribution in [3.8, 4) is 11.6 Å². The molecule has 1 fully saturated rings. The summed E-state index contributed by atoms with van der Waals surface area (Å²) in [6.45, 7) is 7.13. The first-order valence-corrected chi connectivity index (χ1v) is 14.1. The van der Waals surface area contributed by atoms with Gasteiger partial charge in [-0.25, -0.2) is 9.31 Å². The maximum absolute atomic E-state index is 14.0. The number of anilines is 1. The molecule has 4 heterocycles. The average Bonchev–Trinajstić information content (AvgIpc) is 3.47. The Labute approximate surface area is 241 Å². The van der Waals surface area contributed by atoms with E-state index in [0.29, 0.717) is 31.1 Å². The van der Waals surface area contributed by atoms with Gasteiger partial charge in [0, 0.05) is 57.7 Å². The number of ether oxygens (including phenoxy) is 1. The standard InChI is InChI=1S/C30H32F3N7O2/c1-2-37-12-14-38(15-13-37)18-22-5-7-24(17-26(22)30(31,32)33)36-29(41)39-11-9-21-6-8-25(16-23(21)19-39)42-28-27-4-3-10-40(27)35-20-34-28/h3-8,10,16-17,20H,2,9,11-15,18-19H2,1H3,(H,36,41). The normalized spacial score (nSPS) is 16.4. The quantitative estimate of drug-likeness (QED) is 0.336. The number of benzene rings is 2. The van der Waals surface area contributed by atoms with E-state index in [2.05, 4.69) is 27.2 Å². The number of halogens is 3. The van der Waals surface area contributed by atoms with Crippen LogP contribution in [0, 0.1) is 0 Å². The minimum Gasteiger partial charge on any atom is -0.437 e. The summed E-state index contributed by atoms with van der Waals surface area (Å²) in [7, 11) is 0. The summed E-state index contributed by atoms with van der Waals surface area (Å²) in [6.07, 6.45) is -0.695. The largest absolute Gasteiger partial charge is 0.437 e. The molecular formula is C30H32F3N7O2. The Bertz CT molecular complexity index is 1580. The highest BCUT2D eigenvalue weighted by Gasteiger charge is 2.34. The average molecular weight is 580 g/mol. The van der Waals surface area contributed by atoms with Crippen LogP contribution in [0.15, 0.2) is 61.1 Å². The monoisotopic (exact) mass is 579 g/mol. The van der Waals surface area contributed by atoms with Gasteiger partial charge in [0.1, 0.15) is 17.6 Å². The van der Waals surface area contributed by atoms with Crippen molar-refractivity contribution in [3.63, 3.8) is 0 Å². The van der Waals surface area contributed by atoms with Crippen LogP contribution in [0.2, 0.25) is 0 Å². The smallest absolute Gasteiger partial charge is 0.416 e. The highest BCUT2D eigenvalue weighted by molar-refractivity contribution is 5.89. The molecule has 9 nitrogen and oxygen atoms in total. The van der Waals surface area contributed by atoms with E-state index in [1.165, 1.54) is 12.4 Å². The Hall–Kier alpha value is -4.16. The Morgan fingerprint density at radius 3 is 2.60 bits per heavy atom. The minimum absolute atomic E-state index is 0.120. The number of amides is 2. The second-order valence-electron chi connectivity index (χ2n) is 10.6. The van der Waals surface area contributed by atoms with E-state index in [4.69, 9.17) is 4.74 Å². The van der Waals surface area contributed by atoms with Gasteiger partial charge in [0.25, 0.3) is 0 Å². The summed E-state index contributed by atoms with van der Waals surface area (Å²) >= 11 is 0. The number of fused-ring (bicyclic) bond motifs is 2. The SMILES string of the molecule is CCN1CCN(Cc2ccc(NC(=O)N3CCc4ccc(Oc5ncnn6cccc56)cc4C3)cc2C(F)(F)F)CC1. The van der Waals surface area contributed by atoms with Crippen molar-refractivity contribution < 1.29 is 22.7 Å². The van der Waals surface area contributed by atoms with E-state index in [-0.39, 0.29) is 17.8 Å². The summed E-state index contributed by atoms with van der Waals surface area (Å²) in [5.41, 5.74) is 2.33. The number of nitrogens with zero attached hydrogens (tertiary/aromatic N) is 6. The van der Waals surface area contributed by atoms with Crippen molar-refractivity contribution in [1.29, 1.82) is 0 Å². The van der Waals surface area contributed by atoms with Crippen molar-refractivity contribution in [2.45, 2.75) is 32.6 Å². The molecule has 1 N–H and O–H groups in total. The van der Waals surface area contributed by atoms with Crippen LogP contribution in [-0.2, 0) is 25.7 Å². The van der Waals surface area contributed by atoms with Crippen LogP contribution >= 0.6 is 0 Å². The summed E-state index contributed by atoms with van der Waals surface area (Å²) in [5, 5.41) is 6.83. The van der Waals surface area contributed by atoms with Crippen molar-refractivity contribution in [1.82, 2.24) is 29.3 Å². The Kier molecular flexibility index (Phi) is 7.74. The maximum Gasteiger partial charge on any atom is 0.416 e. The van der Waals surface area contributed by atoms with Gasteiger partial charge in [-0.1, -0.05) is 19.1 Å². The molecule has 12 heteroatoms. The van der Waals surface area contributed by atoms with Crippen molar-refractivity contribution in [3.05, 3.63) is 83.3 Å². The molecule has 1 saturated heterocycles. The lowest BCUT2D eigenvalue weighted by atomic mass is 9.99. The molecule has 0 spiro atoms. The third kappa shape index (κ3) is 6.04. The second-order valence-corrected chi connectivity index (χ2v) is 10.6. The van der Waals surface area contributed by atoms with Crippen LogP contribution in [0.25, 0.3) is 5.52 Å². The van der Waals surface area contributed by atoms with Gasteiger partial charge in [-0.05, 0) is 66.1 Å². The minimum atomic E-state index is -4.53. The van der Waals surface area contributed by atoms with Crippen LogP contribution in [0.3, 0.4) is 0 Å². The molecule has 0 radical (unpaired) electrons. The maximum atomic E-state index is 14.0. The number of alkyl halides is 3. The molecule has 0 bridgehead atoms. The van der Waals surface area contributed by atoms with Gasteiger partial charge in [-0.15, -0.1) is 0 Å². The van der Waals surface area contributed by atoms with E-state index in [1.54, 1.807) is 21.7 Å². The van der Waals surface area contributed by atoms with Gasteiger partial charge in [0.15, 0.2) is 0 Å². The van der Waals surface area contributed by atoms with Crippen LogP contribution < -0.4 is 10.1 Å². The van der Waals surface area contributed by atoms with Gasteiger partial charge in [0.2, 0.25) is 5.88 Å². The molecule has 2 aliphatic heterocycles. The summed E-state index contributed by atoms with van der Waals surface area (Å²) in [4.78, 5) is 23.3. The number of urea groups is 1. The zero-order chi connectivity index (χ0) is 29.3. The van der Waals surface area contributed by atoms with Gasteiger partial charge in [0.05, 0.1) is 5.56 Å². The van der Waals surface area contributed by atoms with Crippen molar-refractivity contribution >= 4 is 17.2 Å². The van der Waals surface area contributed by atoms with Crippen LogP contribution in [0.1, 0.15) is 29.2 Å². The van der Waals surface area contributed by atoms with Gasteiger partial charge in [-0.3, -0.25) is 4.90 Å². The van der Waals surface area contributed by atoms with E-state index in [0.717, 1.165) is 55.4 Å². The highest BCUT2D eigenvalue weighted by Crippen LogP contribution is 2.35. The molecule has 2 amide bonds. The second kappa shape index (κ2) is 11.6. The first kappa shape index (κ1) is 28.0. The number of hydrogen-bond donors (Lipinski definition) is 1. The molecule has 2 aromatic heterocycles.